The maximum absolute atomic E-state index is 10.4. The van der Waals surface area contributed by atoms with Crippen LogP contribution in [0.3, 0.4) is 0 Å². The zero-order valence-electron chi connectivity index (χ0n) is 12.8. The van der Waals surface area contributed by atoms with Crippen molar-refractivity contribution in [3.8, 4) is 0 Å². The molecule has 1 atom stereocenters. The van der Waals surface area contributed by atoms with E-state index in [0.29, 0.717) is 5.92 Å². The Morgan fingerprint density at radius 3 is 2.05 bits per heavy atom. The van der Waals surface area contributed by atoms with Gasteiger partial charge in [0.1, 0.15) is 0 Å². The summed E-state index contributed by atoms with van der Waals surface area (Å²) in [5, 5.41) is 10.4. The average molecular weight is 256 g/mol. The van der Waals surface area contributed by atoms with Crippen LogP contribution in [0.2, 0.25) is 0 Å². The molecule has 1 heteroatoms. The van der Waals surface area contributed by atoms with Gasteiger partial charge in [0.25, 0.3) is 0 Å². The van der Waals surface area contributed by atoms with Crippen LogP contribution >= 0.6 is 0 Å². The minimum atomic E-state index is -0.812. The van der Waals surface area contributed by atoms with Crippen molar-refractivity contribution in [3.63, 3.8) is 0 Å². The highest BCUT2D eigenvalue weighted by atomic mass is 16.3. The monoisotopic (exact) mass is 256 g/mol. The Balaban J connectivity index is 2.63. The number of benzene rings is 1. The fraction of sp³-hybridized carbons (Fsp3) is 0.444. The summed E-state index contributed by atoms with van der Waals surface area (Å²) in [6.07, 6.45) is 0. The van der Waals surface area contributed by atoms with E-state index in [4.69, 9.17) is 0 Å². The first-order valence-corrected chi connectivity index (χ1v) is 6.96. The molecular formula is C18H24O. The fourth-order valence-corrected chi connectivity index (χ4v) is 3.05. The molecule has 19 heavy (non-hydrogen) atoms. The van der Waals surface area contributed by atoms with E-state index in [0.717, 1.165) is 5.56 Å². The summed E-state index contributed by atoms with van der Waals surface area (Å²) in [7, 11) is 0. The van der Waals surface area contributed by atoms with Crippen molar-refractivity contribution in [2.75, 3.05) is 0 Å². The van der Waals surface area contributed by atoms with E-state index in [2.05, 4.69) is 39.8 Å². The third kappa shape index (κ3) is 2.28. The summed E-state index contributed by atoms with van der Waals surface area (Å²) in [6.45, 7) is 12.6. The molecule has 0 saturated carbocycles. The van der Waals surface area contributed by atoms with Crippen LogP contribution in [0.25, 0.3) is 5.57 Å². The normalized spacial score (nSPS) is 20.5. The minimum absolute atomic E-state index is 0.434. The van der Waals surface area contributed by atoms with Crippen LogP contribution in [0.4, 0.5) is 0 Å². The molecule has 1 unspecified atom stereocenters. The molecule has 0 spiro atoms. The van der Waals surface area contributed by atoms with Crippen LogP contribution in [-0.4, -0.2) is 5.11 Å². The van der Waals surface area contributed by atoms with Gasteiger partial charge in [-0.2, -0.15) is 0 Å². The second kappa shape index (κ2) is 4.64. The lowest BCUT2D eigenvalue weighted by Crippen LogP contribution is -2.18. The maximum atomic E-state index is 10.4. The first kappa shape index (κ1) is 14.1. The molecule has 2 rings (SSSR count). The van der Waals surface area contributed by atoms with E-state index in [9.17, 15) is 5.11 Å². The largest absolute Gasteiger partial charge is 0.386 e. The van der Waals surface area contributed by atoms with Gasteiger partial charge in [-0.25, -0.2) is 0 Å². The van der Waals surface area contributed by atoms with Crippen molar-refractivity contribution in [1.29, 1.82) is 0 Å². The molecule has 1 nitrogen and oxygen atoms in total. The molecule has 0 saturated heterocycles. The van der Waals surface area contributed by atoms with Crippen LogP contribution in [0.1, 0.15) is 52.7 Å². The lowest BCUT2D eigenvalue weighted by Gasteiger charge is -2.24. The highest BCUT2D eigenvalue weighted by Gasteiger charge is 2.29. The molecule has 0 radical (unpaired) electrons. The van der Waals surface area contributed by atoms with E-state index in [1.165, 1.54) is 27.9 Å². The number of aliphatic hydroxyl groups is 1. The van der Waals surface area contributed by atoms with Crippen molar-refractivity contribution in [1.82, 2.24) is 0 Å². The second-order valence-electron chi connectivity index (χ2n) is 6.17. The molecule has 0 aromatic heterocycles. The van der Waals surface area contributed by atoms with E-state index < -0.39 is 5.60 Å². The SMILES string of the molecule is CC1=C(C)C(C)C(c2ccccc2C(C)(C)O)=C1C. The van der Waals surface area contributed by atoms with Gasteiger partial charge in [-0.3, -0.25) is 0 Å². The molecule has 0 aliphatic heterocycles. The van der Waals surface area contributed by atoms with Gasteiger partial charge in [0.05, 0.1) is 5.60 Å². The molecule has 0 heterocycles. The highest BCUT2D eigenvalue weighted by molar-refractivity contribution is 5.81. The van der Waals surface area contributed by atoms with E-state index in [-0.39, 0.29) is 0 Å². The van der Waals surface area contributed by atoms with Gasteiger partial charge in [0.2, 0.25) is 0 Å². The summed E-state index contributed by atoms with van der Waals surface area (Å²) in [5.41, 5.74) is 6.96. The van der Waals surface area contributed by atoms with Crippen LogP contribution in [-0.2, 0) is 5.60 Å². The van der Waals surface area contributed by atoms with Gasteiger partial charge in [-0.15, -0.1) is 0 Å². The van der Waals surface area contributed by atoms with Gasteiger partial charge >= 0.3 is 0 Å². The standard InChI is InChI=1S/C18H24O/c1-11-12(2)14(4)17(13(11)3)15-9-7-8-10-16(15)18(5,6)19/h7-10,13,19H,1-6H3. The van der Waals surface area contributed by atoms with Gasteiger partial charge < -0.3 is 5.11 Å². The lowest BCUT2D eigenvalue weighted by molar-refractivity contribution is 0.0783. The predicted octanol–water partition coefficient (Wildman–Crippen LogP) is 4.67. The summed E-state index contributed by atoms with van der Waals surface area (Å²) >= 11 is 0. The molecular weight excluding hydrogens is 232 g/mol. The zero-order chi connectivity index (χ0) is 14.4. The molecule has 1 aromatic carbocycles. The second-order valence-corrected chi connectivity index (χ2v) is 6.17. The fourth-order valence-electron chi connectivity index (χ4n) is 3.05. The Morgan fingerprint density at radius 1 is 1.00 bits per heavy atom. The van der Waals surface area contributed by atoms with Crippen molar-refractivity contribution in [2.24, 2.45) is 5.92 Å². The Morgan fingerprint density at radius 2 is 1.58 bits per heavy atom. The number of rotatable bonds is 2. The van der Waals surface area contributed by atoms with Gasteiger partial charge in [-0.1, -0.05) is 36.8 Å². The van der Waals surface area contributed by atoms with Crippen LogP contribution in [0.15, 0.2) is 41.0 Å². The van der Waals surface area contributed by atoms with Crippen LogP contribution in [0.5, 0.6) is 0 Å². The lowest BCUT2D eigenvalue weighted by atomic mass is 9.84. The van der Waals surface area contributed by atoms with Crippen LogP contribution < -0.4 is 0 Å². The Kier molecular flexibility index (Phi) is 3.44. The first-order valence-electron chi connectivity index (χ1n) is 6.96. The minimum Gasteiger partial charge on any atom is -0.386 e. The molecule has 1 aliphatic rings. The number of allylic oxidation sites excluding steroid dienone is 4. The summed E-state index contributed by atoms with van der Waals surface area (Å²) in [5.74, 6) is 0.434. The smallest absolute Gasteiger partial charge is 0.0846 e. The molecule has 1 N–H and O–H groups in total. The predicted molar refractivity (Wildman–Crippen MR) is 81.8 cm³/mol. The molecule has 102 valence electrons. The van der Waals surface area contributed by atoms with E-state index in [1.807, 2.05) is 26.0 Å². The summed E-state index contributed by atoms with van der Waals surface area (Å²) < 4.78 is 0. The van der Waals surface area contributed by atoms with Crippen molar-refractivity contribution >= 4 is 5.57 Å². The Labute approximate surface area is 116 Å². The average Bonchev–Trinajstić information content (AvgIpc) is 2.53. The Hall–Kier alpha value is -1.34. The van der Waals surface area contributed by atoms with Crippen molar-refractivity contribution in [3.05, 3.63) is 52.1 Å². The summed E-state index contributed by atoms with van der Waals surface area (Å²) in [6, 6.07) is 8.22. The first-order chi connectivity index (χ1) is 8.75. The highest BCUT2D eigenvalue weighted by Crippen LogP contribution is 2.44. The number of hydrogen-bond acceptors (Lipinski definition) is 1. The van der Waals surface area contributed by atoms with E-state index in [1.54, 1.807) is 0 Å². The molecule has 0 fully saturated rings. The van der Waals surface area contributed by atoms with Crippen LogP contribution in [0, 0.1) is 5.92 Å². The quantitative estimate of drug-likeness (QED) is 0.815. The molecule has 1 aliphatic carbocycles. The van der Waals surface area contributed by atoms with E-state index >= 15 is 0 Å². The zero-order valence-corrected chi connectivity index (χ0v) is 12.8. The van der Waals surface area contributed by atoms with Gasteiger partial charge in [-0.05, 0) is 62.5 Å². The molecule has 0 bridgehead atoms. The summed E-state index contributed by atoms with van der Waals surface area (Å²) in [4.78, 5) is 0. The van der Waals surface area contributed by atoms with Gasteiger partial charge in [0, 0.05) is 5.92 Å². The molecule has 0 amide bonds. The molecule has 1 aromatic rings. The maximum Gasteiger partial charge on any atom is 0.0846 e. The van der Waals surface area contributed by atoms with Crippen molar-refractivity contribution in [2.45, 2.75) is 47.1 Å². The number of hydrogen-bond donors (Lipinski definition) is 1. The third-order valence-electron chi connectivity index (χ3n) is 4.52. The topological polar surface area (TPSA) is 20.2 Å². The van der Waals surface area contributed by atoms with Crippen molar-refractivity contribution < 1.29 is 5.11 Å². The third-order valence-corrected chi connectivity index (χ3v) is 4.52. The van der Waals surface area contributed by atoms with Gasteiger partial charge in [0.15, 0.2) is 0 Å². The Bertz CT molecular complexity index is 568.